The topological polar surface area (TPSA) is 75.6 Å². The Bertz CT molecular complexity index is 1120. The lowest BCUT2D eigenvalue weighted by molar-refractivity contribution is -0.138. The van der Waals surface area contributed by atoms with Gasteiger partial charge >= 0.3 is 12.1 Å². The van der Waals surface area contributed by atoms with Crippen LogP contribution in [0.1, 0.15) is 46.5 Å². The molecule has 1 atom stereocenters. The first-order valence-electron chi connectivity index (χ1n) is 10.6. The van der Waals surface area contributed by atoms with Crippen LogP contribution in [-0.2, 0) is 11.0 Å². The summed E-state index contributed by atoms with van der Waals surface area (Å²) in [5.74, 6) is -0.628. The van der Waals surface area contributed by atoms with Crippen molar-refractivity contribution in [2.24, 2.45) is 5.92 Å². The number of ether oxygens (including phenoxy) is 1. The van der Waals surface area contributed by atoms with E-state index in [1.807, 2.05) is 19.9 Å². The fraction of sp³-hybridized carbons (Fsp3) is 0.280. The Morgan fingerprint density at radius 3 is 2.09 bits per heavy atom. The predicted octanol–water partition coefficient (Wildman–Crippen LogP) is 6.41. The third-order valence-electron chi connectivity index (χ3n) is 5.02. The van der Waals surface area contributed by atoms with Gasteiger partial charge in [0.25, 0.3) is 5.91 Å². The van der Waals surface area contributed by atoms with Gasteiger partial charge in [-0.3, -0.25) is 9.59 Å². The third-order valence-corrected chi connectivity index (χ3v) is 6.17. The normalized spacial score (nSPS) is 12.4. The number of amides is 1. The summed E-state index contributed by atoms with van der Waals surface area (Å²) in [6.07, 6.45) is -4.84. The van der Waals surface area contributed by atoms with E-state index in [-0.39, 0.29) is 30.9 Å². The molecule has 9 heteroatoms. The molecule has 0 saturated heterocycles. The number of thiophene rings is 1. The second kappa shape index (κ2) is 10.7. The standard InChI is InChI=1S/C25H24F3NO4S/c1-15(2)23(20-11-12-21(34-20)24(32)29-14-13-22(30)31)33-19-9-5-17(6-10-19)16-3-7-18(8-4-16)25(26,27)28/h3-12,15,23H,13-14H2,1-2H3,(H,29,32)(H,30,31)/t23-/m1/s1. The number of rotatable bonds is 9. The van der Waals surface area contributed by atoms with Gasteiger partial charge in [0.15, 0.2) is 0 Å². The number of carboxylic acid groups (broad SMARTS) is 1. The summed E-state index contributed by atoms with van der Waals surface area (Å²) in [5.41, 5.74) is 0.734. The zero-order valence-electron chi connectivity index (χ0n) is 18.6. The van der Waals surface area contributed by atoms with E-state index in [0.717, 1.165) is 22.6 Å². The minimum atomic E-state index is -4.37. The van der Waals surface area contributed by atoms with Gasteiger partial charge in [0.2, 0.25) is 0 Å². The van der Waals surface area contributed by atoms with Gasteiger partial charge in [-0.2, -0.15) is 13.2 Å². The maximum Gasteiger partial charge on any atom is 0.416 e. The summed E-state index contributed by atoms with van der Waals surface area (Å²) in [6, 6.07) is 15.6. The Morgan fingerprint density at radius 2 is 1.56 bits per heavy atom. The van der Waals surface area contributed by atoms with Crippen LogP contribution in [0.5, 0.6) is 5.75 Å². The molecule has 5 nitrogen and oxygen atoms in total. The highest BCUT2D eigenvalue weighted by molar-refractivity contribution is 7.14. The van der Waals surface area contributed by atoms with E-state index >= 15 is 0 Å². The molecule has 0 aliphatic heterocycles. The Hall–Kier alpha value is -3.33. The lowest BCUT2D eigenvalue weighted by Crippen LogP contribution is -2.25. The molecular formula is C25H24F3NO4S. The summed E-state index contributed by atoms with van der Waals surface area (Å²) < 4.78 is 44.5. The number of hydrogen-bond donors (Lipinski definition) is 2. The number of alkyl halides is 3. The first kappa shape index (κ1) is 25.3. The Kier molecular flexibility index (Phi) is 7.98. The maximum atomic E-state index is 12.8. The van der Waals surface area contributed by atoms with Crippen molar-refractivity contribution in [3.05, 3.63) is 76.0 Å². The van der Waals surface area contributed by atoms with Gasteiger partial charge in [-0.15, -0.1) is 11.3 Å². The monoisotopic (exact) mass is 491 g/mol. The van der Waals surface area contributed by atoms with E-state index in [1.54, 1.807) is 30.3 Å². The maximum absolute atomic E-state index is 12.8. The van der Waals surface area contributed by atoms with Crippen molar-refractivity contribution in [3.8, 4) is 16.9 Å². The van der Waals surface area contributed by atoms with Crippen LogP contribution in [0.2, 0.25) is 0 Å². The first-order valence-corrected chi connectivity index (χ1v) is 11.4. The highest BCUT2D eigenvalue weighted by Crippen LogP contribution is 2.35. The summed E-state index contributed by atoms with van der Waals surface area (Å²) in [6.45, 7) is 4.04. The molecule has 34 heavy (non-hydrogen) atoms. The Morgan fingerprint density at radius 1 is 0.971 bits per heavy atom. The molecule has 0 fully saturated rings. The van der Waals surface area contributed by atoms with Crippen molar-refractivity contribution in [2.75, 3.05) is 6.54 Å². The lowest BCUT2D eigenvalue weighted by Gasteiger charge is -2.21. The SMILES string of the molecule is CC(C)[C@@H](Oc1ccc(-c2ccc(C(F)(F)F)cc2)cc1)c1ccc(C(=O)NCCC(=O)O)s1. The van der Waals surface area contributed by atoms with Crippen LogP contribution in [0.4, 0.5) is 13.2 Å². The quantitative estimate of drug-likeness (QED) is 0.362. The van der Waals surface area contributed by atoms with E-state index in [1.165, 1.54) is 23.5 Å². The molecule has 0 saturated carbocycles. The molecule has 180 valence electrons. The number of aliphatic carboxylic acids is 1. The van der Waals surface area contributed by atoms with Crippen molar-refractivity contribution < 1.29 is 32.6 Å². The van der Waals surface area contributed by atoms with Gasteiger partial charge < -0.3 is 15.2 Å². The van der Waals surface area contributed by atoms with Crippen LogP contribution in [-0.4, -0.2) is 23.5 Å². The fourth-order valence-corrected chi connectivity index (χ4v) is 4.37. The van der Waals surface area contributed by atoms with Gasteiger partial charge in [0, 0.05) is 11.4 Å². The van der Waals surface area contributed by atoms with Gasteiger partial charge in [0.1, 0.15) is 11.9 Å². The smallest absolute Gasteiger partial charge is 0.416 e. The molecule has 1 aromatic heterocycles. The minimum absolute atomic E-state index is 0.0524. The summed E-state index contributed by atoms with van der Waals surface area (Å²) in [7, 11) is 0. The van der Waals surface area contributed by atoms with Crippen LogP contribution >= 0.6 is 11.3 Å². The van der Waals surface area contributed by atoms with Crippen LogP contribution < -0.4 is 10.1 Å². The molecule has 1 amide bonds. The average molecular weight is 492 g/mol. The molecule has 2 N–H and O–H groups in total. The molecule has 0 radical (unpaired) electrons. The van der Waals surface area contributed by atoms with Crippen molar-refractivity contribution in [3.63, 3.8) is 0 Å². The lowest BCUT2D eigenvalue weighted by atomic mass is 10.0. The van der Waals surface area contributed by atoms with Crippen molar-refractivity contribution in [2.45, 2.75) is 32.5 Å². The van der Waals surface area contributed by atoms with Crippen LogP contribution in [0.3, 0.4) is 0 Å². The highest BCUT2D eigenvalue weighted by atomic mass is 32.1. The summed E-state index contributed by atoms with van der Waals surface area (Å²) in [5, 5.41) is 11.3. The number of carbonyl (C=O) groups is 2. The van der Waals surface area contributed by atoms with E-state index in [2.05, 4.69) is 5.32 Å². The third kappa shape index (κ3) is 6.60. The minimum Gasteiger partial charge on any atom is -0.485 e. The van der Waals surface area contributed by atoms with E-state index in [9.17, 15) is 22.8 Å². The van der Waals surface area contributed by atoms with Gasteiger partial charge in [-0.05, 0) is 53.4 Å². The molecule has 0 bridgehead atoms. The first-order chi connectivity index (χ1) is 16.0. The second-order valence-corrected chi connectivity index (χ2v) is 9.10. The molecule has 3 aromatic rings. The molecule has 2 aromatic carbocycles. The number of carbonyl (C=O) groups excluding carboxylic acids is 1. The molecule has 0 aliphatic rings. The number of halogens is 3. The van der Waals surface area contributed by atoms with Crippen LogP contribution in [0.15, 0.2) is 60.7 Å². The predicted molar refractivity (Wildman–Crippen MR) is 124 cm³/mol. The van der Waals surface area contributed by atoms with E-state index < -0.39 is 17.7 Å². The zero-order chi connectivity index (χ0) is 24.9. The molecule has 1 heterocycles. The Balaban J connectivity index is 1.69. The molecule has 0 aliphatic carbocycles. The largest absolute Gasteiger partial charge is 0.485 e. The average Bonchev–Trinajstić information content (AvgIpc) is 3.27. The fourth-order valence-electron chi connectivity index (χ4n) is 3.24. The van der Waals surface area contributed by atoms with Gasteiger partial charge in [-0.25, -0.2) is 0 Å². The van der Waals surface area contributed by atoms with Crippen molar-refractivity contribution in [1.29, 1.82) is 0 Å². The Labute approximate surface area is 199 Å². The number of hydrogen-bond acceptors (Lipinski definition) is 4. The highest BCUT2D eigenvalue weighted by Gasteiger charge is 2.30. The number of carboxylic acids is 1. The second-order valence-electron chi connectivity index (χ2n) is 7.98. The molecular weight excluding hydrogens is 467 g/mol. The van der Waals surface area contributed by atoms with Gasteiger partial charge in [0.05, 0.1) is 16.9 Å². The van der Waals surface area contributed by atoms with Crippen LogP contribution in [0.25, 0.3) is 11.1 Å². The summed E-state index contributed by atoms with van der Waals surface area (Å²) >= 11 is 1.28. The number of benzene rings is 2. The van der Waals surface area contributed by atoms with E-state index in [0.29, 0.717) is 16.2 Å². The van der Waals surface area contributed by atoms with E-state index in [4.69, 9.17) is 9.84 Å². The zero-order valence-corrected chi connectivity index (χ0v) is 19.4. The summed E-state index contributed by atoms with van der Waals surface area (Å²) in [4.78, 5) is 24.2. The van der Waals surface area contributed by atoms with Gasteiger partial charge in [-0.1, -0.05) is 38.1 Å². The van der Waals surface area contributed by atoms with Crippen molar-refractivity contribution >= 4 is 23.2 Å². The molecule has 0 spiro atoms. The number of nitrogens with one attached hydrogen (secondary N) is 1. The molecule has 3 rings (SSSR count). The van der Waals surface area contributed by atoms with Crippen molar-refractivity contribution in [1.82, 2.24) is 5.32 Å². The van der Waals surface area contributed by atoms with Crippen LogP contribution in [0, 0.1) is 5.92 Å². The molecule has 0 unspecified atom stereocenters.